The van der Waals surface area contributed by atoms with Crippen LogP contribution in [0.4, 0.5) is 20.2 Å². The zero-order chi connectivity index (χ0) is 19.7. The van der Waals surface area contributed by atoms with Crippen molar-refractivity contribution in [3.05, 3.63) is 77.5 Å². The van der Waals surface area contributed by atoms with E-state index in [0.29, 0.717) is 5.69 Å². The van der Waals surface area contributed by atoms with Gasteiger partial charge in [0.15, 0.2) is 0 Å². The first-order valence-electron chi connectivity index (χ1n) is 9.72. The number of benzene rings is 2. The molecule has 3 nitrogen and oxygen atoms in total. The summed E-state index contributed by atoms with van der Waals surface area (Å²) in [5, 5.41) is 0. The van der Waals surface area contributed by atoms with Crippen molar-refractivity contribution in [3.63, 3.8) is 0 Å². The zero-order valence-corrected chi connectivity index (χ0v) is 15.9. The second-order valence-corrected chi connectivity index (χ2v) is 7.55. The Morgan fingerprint density at radius 3 is 2.54 bits per heavy atom. The summed E-state index contributed by atoms with van der Waals surface area (Å²) < 4.78 is 26.8. The van der Waals surface area contributed by atoms with Gasteiger partial charge in [-0.25, -0.2) is 8.78 Å². The molecule has 146 valence electrons. The van der Waals surface area contributed by atoms with Gasteiger partial charge in [-0.15, -0.1) is 0 Å². The van der Waals surface area contributed by atoms with Crippen molar-refractivity contribution in [2.24, 2.45) is 0 Å². The van der Waals surface area contributed by atoms with Crippen molar-refractivity contribution in [2.75, 3.05) is 36.8 Å². The fourth-order valence-electron chi connectivity index (χ4n) is 4.18. The third kappa shape index (κ3) is 3.80. The number of hydrogen-bond acceptors (Lipinski definition) is 3. The van der Waals surface area contributed by atoms with Gasteiger partial charge < -0.3 is 10.6 Å². The maximum Gasteiger partial charge on any atom is 0.125 e. The van der Waals surface area contributed by atoms with E-state index in [1.54, 1.807) is 6.07 Å². The lowest BCUT2D eigenvalue weighted by molar-refractivity contribution is 0.324. The van der Waals surface area contributed by atoms with E-state index in [4.69, 9.17) is 5.73 Å². The monoisotopic (exact) mass is 381 g/mol. The van der Waals surface area contributed by atoms with E-state index >= 15 is 0 Å². The number of nitrogens with zero attached hydrogens (tertiary/aromatic N) is 2. The maximum absolute atomic E-state index is 13.7. The molecule has 2 aromatic carbocycles. The standard InChI is InChI=1S/C23H25F2N3/c1-16(28-10-2-3-19-13-21(25)14-22(26)23(19)28)15-27-11-8-18(9-12-27)17-4-6-20(24)7-5-17/h4-8,13-14H,1-3,9-12,15,26H2. The van der Waals surface area contributed by atoms with Crippen LogP contribution in [0.5, 0.6) is 0 Å². The Kier molecular flexibility index (Phi) is 5.18. The molecule has 0 bridgehead atoms. The van der Waals surface area contributed by atoms with Crippen LogP contribution in [0.25, 0.3) is 5.57 Å². The first kappa shape index (κ1) is 18.7. The van der Waals surface area contributed by atoms with Crippen molar-refractivity contribution in [1.82, 2.24) is 4.90 Å². The fraction of sp³-hybridized carbons (Fsp3) is 0.304. The Balaban J connectivity index is 1.44. The number of anilines is 2. The van der Waals surface area contributed by atoms with Crippen LogP contribution in [-0.2, 0) is 6.42 Å². The summed E-state index contributed by atoms with van der Waals surface area (Å²) in [6.45, 7) is 7.63. The van der Waals surface area contributed by atoms with Crippen molar-refractivity contribution >= 4 is 16.9 Å². The average Bonchev–Trinajstić information content (AvgIpc) is 2.68. The summed E-state index contributed by atoms with van der Waals surface area (Å²) in [5.41, 5.74) is 11.8. The summed E-state index contributed by atoms with van der Waals surface area (Å²) >= 11 is 0. The summed E-state index contributed by atoms with van der Waals surface area (Å²) in [7, 11) is 0. The second-order valence-electron chi connectivity index (χ2n) is 7.55. The molecule has 2 aromatic rings. The van der Waals surface area contributed by atoms with Crippen LogP contribution in [0, 0.1) is 11.6 Å². The van der Waals surface area contributed by atoms with Crippen LogP contribution in [0.15, 0.2) is 54.8 Å². The molecule has 0 aliphatic carbocycles. The Morgan fingerprint density at radius 2 is 1.82 bits per heavy atom. The molecular weight excluding hydrogens is 356 g/mol. The van der Waals surface area contributed by atoms with Gasteiger partial charge in [-0.1, -0.05) is 24.8 Å². The Morgan fingerprint density at radius 1 is 1.04 bits per heavy atom. The first-order chi connectivity index (χ1) is 13.5. The lowest BCUT2D eigenvalue weighted by Gasteiger charge is -2.36. The van der Waals surface area contributed by atoms with E-state index in [0.717, 1.165) is 68.0 Å². The lowest BCUT2D eigenvalue weighted by atomic mass is 9.98. The molecule has 0 saturated carbocycles. The van der Waals surface area contributed by atoms with E-state index in [1.165, 1.54) is 23.8 Å². The zero-order valence-electron chi connectivity index (χ0n) is 15.9. The van der Waals surface area contributed by atoms with E-state index in [9.17, 15) is 8.78 Å². The molecule has 2 aliphatic rings. The number of hydrogen-bond donors (Lipinski definition) is 1. The number of nitrogen functional groups attached to an aromatic ring is 1. The highest BCUT2D eigenvalue weighted by molar-refractivity contribution is 5.75. The minimum atomic E-state index is -0.279. The molecule has 0 aromatic heterocycles. The van der Waals surface area contributed by atoms with E-state index < -0.39 is 0 Å². The molecule has 0 radical (unpaired) electrons. The summed E-state index contributed by atoms with van der Waals surface area (Å²) in [5.74, 6) is -0.489. The molecule has 0 atom stereocenters. The molecule has 0 fully saturated rings. The minimum Gasteiger partial charge on any atom is -0.397 e. The van der Waals surface area contributed by atoms with Crippen LogP contribution < -0.4 is 10.6 Å². The lowest BCUT2D eigenvalue weighted by Crippen LogP contribution is -2.37. The Labute approximate surface area is 164 Å². The molecule has 0 saturated heterocycles. The molecule has 28 heavy (non-hydrogen) atoms. The van der Waals surface area contributed by atoms with Crippen LogP contribution in [0.2, 0.25) is 0 Å². The predicted octanol–water partition coefficient (Wildman–Crippen LogP) is 4.60. The second kappa shape index (κ2) is 7.76. The number of halogens is 2. The van der Waals surface area contributed by atoms with Gasteiger partial charge in [0.2, 0.25) is 0 Å². The predicted molar refractivity (Wildman–Crippen MR) is 111 cm³/mol. The average molecular weight is 381 g/mol. The Hall–Kier alpha value is -2.66. The highest BCUT2D eigenvalue weighted by Crippen LogP contribution is 2.36. The van der Waals surface area contributed by atoms with Gasteiger partial charge in [0.05, 0.1) is 11.4 Å². The molecule has 5 heteroatoms. The van der Waals surface area contributed by atoms with Crippen molar-refractivity contribution in [1.29, 1.82) is 0 Å². The molecule has 2 heterocycles. The molecule has 0 unspecified atom stereocenters. The highest BCUT2D eigenvalue weighted by Gasteiger charge is 2.24. The van der Waals surface area contributed by atoms with Gasteiger partial charge >= 0.3 is 0 Å². The highest BCUT2D eigenvalue weighted by atomic mass is 19.1. The van der Waals surface area contributed by atoms with Gasteiger partial charge in [-0.2, -0.15) is 0 Å². The molecule has 0 spiro atoms. The quantitative estimate of drug-likeness (QED) is 0.786. The van der Waals surface area contributed by atoms with Crippen molar-refractivity contribution in [2.45, 2.75) is 19.3 Å². The van der Waals surface area contributed by atoms with Gasteiger partial charge in [0, 0.05) is 31.9 Å². The summed E-state index contributed by atoms with van der Waals surface area (Å²) in [4.78, 5) is 4.48. The molecular formula is C23H25F2N3. The van der Waals surface area contributed by atoms with Crippen LogP contribution in [0.1, 0.15) is 24.0 Å². The first-order valence-corrected chi connectivity index (χ1v) is 9.72. The van der Waals surface area contributed by atoms with E-state index in [2.05, 4.69) is 22.5 Å². The largest absolute Gasteiger partial charge is 0.397 e. The van der Waals surface area contributed by atoms with E-state index in [1.807, 2.05) is 12.1 Å². The smallest absolute Gasteiger partial charge is 0.125 e. The minimum absolute atomic E-state index is 0.209. The number of rotatable bonds is 4. The van der Waals surface area contributed by atoms with Crippen molar-refractivity contribution < 1.29 is 8.78 Å². The van der Waals surface area contributed by atoms with Gasteiger partial charge in [-0.05, 0) is 60.2 Å². The van der Waals surface area contributed by atoms with E-state index in [-0.39, 0.29) is 11.6 Å². The SMILES string of the molecule is C=C(CN1CC=C(c2ccc(F)cc2)CC1)N1CCCc2cc(F)cc(N)c21. The number of aryl methyl sites for hydroxylation is 1. The fourth-order valence-corrected chi connectivity index (χ4v) is 4.18. The molecule has 0 amide bonds. The molecule has 4 rings (SSSR count). The third-order valence-electron chi connectivity index (χ3n) is 5.58. The van der Waals surface area contributed by atoms with Gasteiger partial charge in [0.1, 0.15) is 11.6 Å². The van der Waals surface area contributed by atoms with Gasteiger partial charge in [-0.3, -0.25) is 4.90 Å². The van der Waals surface area contributed by atoms with Crippen LogP contribution in [0.3, 0.4) is 0 Å². The maximum atomic E-state index is 13.7. The van der Waals surface area contributed by atoms with Crippen LogP contribution in [-0.4, -0.2) is 31.1 Å². The number of nitrogens with two attached hydrogens (primary N) is 1. The van der Waals surface area contributed by atoms with Crippen molar-refractivity contribution in [3.8, 4) is 0 Å². The summed E-state index contributed by atoms with van der Waals surface area (Å²) in [6, 6.07) is 9.66. The Bertz CT molecular complexity index is 918. The third-order valence-corrected chi connectivity index (χ3v) is 5.58. The van der Waals surface area contributed by atoms with Crippen LogP contribution >= 0.6 is 0 Å². The number of fused-ring (bicyclic) bond motifs is 1. The molecule has 2 N–H and O–H groups in total. The summed E-state index contributed by atoms with van der Waals surface area (Å²) in [6.07, 6.45) is 4.93. The van der Waals surface area contributed by atoms with Gasteiger partial charge in [0.25, 0.3) is 0 Å². The topological polar surface area (TPSA) is 32.5 Å². The normalized spacial score (nSPS) is 17.2. The molecule has 2 aliphatic heterocycles.